The number of hydrogen-bond acceptors (Lipinski definition) is 6. The fraction of sp³-hybridized carbons (Fsp3) is 0.385. The number of benzene rings is 2. The van der Waals surface area contributed by atoms with Crippen LogP contribution >= 0.6 is 0 Å². The molecule has 1 amide bonds. The quantitative estimate of drug-likeness (QED) is 0.628. The summed E-state index contributed by atoms with van der Waals surface area (Å²) in [6.07, 6.45) is 1.28. The van der Waals surface area contributed by atoms with Crippen LogP contribution in [0.2, 0.25) is 0 Å². The van der Waals surface area contributed by atoms with E-state index in [9.17, 15) is 13.2 Å². The first kappa shape index (κ1) is 24.8. The van der Waals surface area contributed by atoms with Gasteiger partial charge in [-0.15, -0.1) is 4.40 Å². The highest BCUT2D eigenvalue weighted by molar-refractivity contribution is 8.00. The lowest BCUT2D eigenvalue weighted by Crippen LogP contribution is -2.43. The van der Waals surface area contributed by atoms with Crippen LogP contribution in [0.3, 0.4) is 0 Å². The first-order chi connectivity index (χ1) is 16.8. The lowest BCUT2D eigenvalue weighted by molar-refractivity contribution is -0.126. The van der Waals surface area contributed by atoms with E-state index in [1.807, 2.05) is 36.1 Å². The van der Waals surface area contributed by atoms with Crippen molar-refractivity contribution >= 4 is 26.7 Å². The molecule has 2 aromatic rings. The SMILES string of the molecule is CCOc1ccc(CNC(=O)C2CCN(C3=NS(=O)(=O)C(c4ccc(OC)cc4)=C3C)CC2)cc1. The molecular weight excluding hydrogens is 466 g/mol. The van der Waals surface area contributed by atoms with Gasteiger partial charge in [0.1, 0.15) is 22.2 Å². The summed E-state index contributed by atoms with van der Waals surface area (Å²) in [7, 11) is -2.22. The number of piperidine rings is 1. The molecule has 186 valence electrons. The molecule has 4 rings (SSSR count). The van der Waals surface area contributed by atoms with Crippen LogP contribution in [-0.4, -0.2) is 51.9 Å². The molecule has 1 fully saturated rings. The third kappa shape index (κ3) is 5.51. The molecule has 2 aromatic carbocycles. The Kier molecular flexibility index (Phi) is 7.45. The van der Waals surface area contributed by atoms with Gasteiger partial charge in [-0.3, -0.25) is 4.79 Å². The molecule has 0 bridgehead atoms. The first-order valence-corrected chi connectivity index (χ1v) is 13.2. The number of nitrogens with one attached hydrogen (secondary N) is 1. The monoisotopic (exact) mass is 497 g/mol. The second-order valence-electron chi connectivity index (χ2n) is 8.63. The Morgan fingerprint density at radius 3 is 2.29 bits per heavy atom. The molecule has 0 spiro atoms. The van der Waals surface area contributed by atoms with Crippen molar-refractivity contribution in [3.8, 4) is 11.5 Å². The number of likely N-dealkylation sites (tertiary alicyclic amines) is 1. The average molecular weight is 498 g/mol. The Labute approximate surface area is 206 Å². The van der Waals surface area contributed by atoms with Gasteiger partial charge in [0.25, 0.3) is 10.0 Å². The average Bonchev–Trinajstić information content (AvgIpc) is 3.12. The maximum atomic E-state index is 12.9. The van der Waals surface area contributed by atoms with Gasteiger partial charge in [-0.1, -0.05) is 12.1 Å². The predicted molar refractivity (Wildman–Crippen MR) is 136 cm³/mol. The molecule has 2 aliphatic heterocycles. The van der Waals surface area contributed by atoms with Crippen LogP contribution in [0.15, 0.2) is 58.5 Å². The van der Waals surface area contributed by atoms with Crippen LogP contribution < -0.4 is 14.8 Å². The van der Waals surface area contributed by atoms with Crippen LogP contribution in [0.4, 0.5) is 0 Å². The van der Waals surface area contributed by atoms with Gasteiger partial charge in [-0.05, 0) is 74.2 Å². The number of nitrogens with zero attached hydrogens (tertiary/aromatic N) is 2. The van der Waals surface area contributed by atoms with Crippen molar-refractivity contribution in [2.75, 3.05) is 26.8 Å². The van der Waals surface area contributed by atoms with Gasteiger partial charge in [0.15, 0.2) is 0 Å². The molecule has 9 heteroatoms. The normalized spacial score (nSPS) is 17.8. The van der Waals surface area contributed by atoms with Crippen molar-refractivity contribution in [3.05, 3.63) is 65.2 Å². The number of amides is 1. The zero-order chi connectivity index (χ0) is 25.0. The lowest BCUT2D eigenvalue weighted by atomic mass is 9.95. The summed E-state index contributed by atoms with van der Waals surface area (Å²) in [5, 5.41) is 3.02. The van der Waals surface area contributed by atoms with Crippen LogP contribution in [0.25, 0.3) is 4.91 Å². The zero-order valence-electron chi connectivity index (χ0n) is 20.3. The van der Waals surface area contributed by atoms with Gasteiger partial charge >= 0.3 is 0 Å². The second kappa shape index (κ2) is 10.5. The smallest absolute Gasteiger partial charge is 0.285 e. The summed E-state index contributed by atoms with van der Waals surface area (Å²) in [6, 6.07) is 14.6. The standard InChI is InChI=1S/C26H31N3O5S/c1-4-34-23-9-5-19(6-10-23)17-27-26(30)21-13-15-29(16-14-21)25-18(2)24(35(31,32)28-25)20-7-11-22(33-3)12-8-20/h5-12,21H,4,13-17H2,1-3H3,(H,27,30). The highest BCUT2D eigenvalue weighted by Gasteiger charge is 2.35. The minimum atomic E-state index is -3.79. The highest BCUT2D eigenvalue weighted by atomic mass is 32.2. The molecule has 0 radical (unpaired) electrons. The summed E-state index contributed by atoms with van der Waals surface area (Å²) in [5.74, 6) is 1.85. The molecule has 35 heavy (non-hydrogen) atoms. The first-order valence-electron chi connectivity index (χ1n) is 11.8. The predicted octanol–water partition coefficient (Wildman–Crippen LogP) is 3.60. The van der Waals surface area contributed by atoms with E-state index in [1.54, 1.807) is 38.3 Å². The Morgan fingerprint density at radius 2 is 1.69 bits per heavy atom. The lowest BCUT2D eigenvalue weighted by Gasteiger charge is -2.32. The maximum Gasteiger partial charge on any atom is 0.285 e. The van der Waals surface area contributed by atoms with E-state index >= 15 is 0 Å². The fourth-order valence-electron chi connectivity index (χ4n) is 4.48. The van der Waals surface area contributed by atoms with E-state index < -0.39 is 10.0 Å². The molecule has 0 aliphatic carbocycles. The summed E-state index contributed by atoms with van der Waals surface area (Å²) in [4.78, 5) is 14.9. The number of carbonyl (C=O) groups excluding carboxylic acids is 1. The maximum absolute atomic E-state index is 12.9. The van der Waals surface area contributed by atoms with Crippen LogP contribution in [0, 0.1) is 5.92 Å². The molecule has 0 aromatic heterocycles. The topological polar surface area (TPSA) is 97.3 Å². The minimum absolute atomic E-state index is 0.0192. The summed E-state index contributed by atoms with van der Waals surface area (Å²) in [6.45, 7) is 5.95. The number of hydrogen-bond donors (Lipinski definition) is 1. The Bertz CT molecular complexity index is 1230. The molecular formula is C26H31N3O5S. The van der Waals surface area contributed by atoms with Gasteiger partial charge in [0.05, 0.1) is 13.7 Å². The molecule has 1 N–H and O–H groups in total. The van der Waals surface area contributed by atoms with Crippen molar-refractivity contribution in [2.45, 2.75) is 33.2 Å². The third-order valence-corrected chi connectivity index (χ3v) is 7.83. The third-order valence-electron chi connectivity index (χ3n) is 6.36. The summed E-state index contributed by atoms with van der Waals surface area (Å²) < 4.78 is 40.4. The zero-order valence-corrected chi connectivity index (χ0v) is 21.1. The van der Waals surface area contributed by atoms with Gasteiger partial charge < -0.3 is 19.7 Å². The van der Waals surface area contributed by atoms with E-state index in [2.05, 4.69) is 9.71 Å². The molecule has 0 saturated carbocycles. The van der Waals surface area contributed by atoms with E-state index in [-0.39, 0.29) is 16.7 Å². The number of rotatable bonds is 7. The Hall–Kier alpha value is -3.33. The highest BCUT2D eigenvalue weighted by Crippen LogP contribution is 2.35. The van der Waals surface area contributed by atoms with Gasteiger partial charge in [-0.25, -0.2) is 0 Å². The number of carbonyl (C=O) groups is 1. The van der Waals surface area contributed by atoms with E-state index in [1.165, 1.54) is 0 Å². The van der Waals surface area contributed by atoms with Gasteiger partial charge in [0.2, 0.25) is 5.91 Å². The fourth-order valence-corrected chi connectivity index (χ4v) is 5.97. The van der Waals surface area contributed by atoms with Crippen LogP contribution in [0.1, 0.15) is 37.8 Å². The Morgan fingerprint density at radius 1 is 1.06 bits per heavy atom. The Balaban J connectivity index is 1.36. The van der Waals surface area contributed by atoms with Crippen LogP contribution in [-0.2, 0) is 21.4 Å². The molecule has 2 heterocycles. The molecule has 2 aliphatic rings. The number of methoxy groups -OCH3 is 1. The van der Waals surface area contributed by atoms with Crippen molar-refractivity contribution in [2.24, 2.45) is 10.3 Å². The molecule has 8 nitrogen and oxygen atoms in total. The minimum Gasteiger partial charge on any atom is -0.497 e. The van der Waals surface area contributed by atoms with Crippen molar-refractivity contribution in [1.82, 2.24) is 10.2 Å². The largest absolute Gasteiger partial charge is 0.497 e. The molecule has 0 unspecified atom stereocenters. The van der Waals surface area contributed by atoms with Crippen molar-refractivity contribution in [3.63, 3.8) is 0 Å². The molecule has 1 saturated heterocycles. The van der Waals surface area contributed by atoms with E-state index in [4.69, 9.17) is 9.47 Å². The van der Waals surface area contributed by atoms with Crippen molar-refractivity contribution < 1.29 is 22.7 Å². The van der Waals surface area contributed by atoms with Gasteiger partial charge in [-0.2, -0.15) is 8.42 Å². The van der Waals surface area contributed by atoms with Crippen LogP contribution in [0.5, 0.6) is 11.5 Å². The van der Waals surface area contributed by atoms with E-state index in [0.29, 0.717) is 61.8 Å². The molecule has 0 atom stereocenters. The van der Waals surface area contributed by atoms with Crippen molar-refractivity contribution in [1.29, 1.82) is 0 Å². The number of sulfonamides is 1. The number of ether oxygens (including phenoxy) is 2. The van der Waals surface area contributed by atoms with E-state index in [0.717, 1.165) is 11.3 Å². The number of amidine groups is 1. The second-order valence-corrected chi connectivity index (χ2v) is 10.2. The summed E-state index contributed by atoms with van der Waals surface area (Å²) in [5.41, 5.74) is 2.23. The summed E-state index contributed by atoms with van der Waals surface area (Å²) >= 11 is 0. The van der Waals surface area contributed by atoms with Gasteiger partial charge in [0, 0.05) is 31.1 Å².